The summed E-state index contributed by atoms with van der Waals surface area (Å²) in [5, 5.41) is 19.5. The second kappa shape index (κ2) is 5.73. The second-order valence-electron chi connectivity index (χ2n) is 3.74. The van der Waals surface area contributed by atoms with Crippen molar-refractivity contribution in [1.82, 2.24) is 20.2 Å². The van der Waals surface area contributed by atoms with E-state index in [9.17, 15) is 4.79 Å². The lowest BCUT2D eigenvalue weighted by atomic mass is 10.2. The molecule has 19 heavy (non-hydrogen) atoms. The third-order valence-corrected chi connectivity index (χ3v) is 2.46. The molecule has 7 heteroatoms. The second-order valence-corrected chi connectivity index (χ2v) is 3.74. The quantitative estimate of drug-likeness (QED) is 0.762. The van der Waals surface area contributed by atoms with Gasteiger partial charge < -0.3 is 4.74 Å². The van der Waals surface area contributed by atoms with E-state index < -0.39 is 12.1 Å². The van der Waals surface area contributed by atoms with Crippen molar-refractivity contribution in [1.29, 1.82) is 5.26 Å². The largest absolute Gasteiger partial charge is 0.443 e. The van der Waals surface area contributed by atoms with E-state index in [4.69, 9.17) is 10.00 Å². The summed E-state index contributed by atoms with van der Waals surface area (Å²) in [6, 6.07) is 8.58. The summed E-state index contributed by atoms with van der Waals surface area (Å²) in [5.74, 6) is -0.539. The first-order chi connectivity index (χ1) is 9.24. The van der Waals surface area contributed by atoms with Gasteiger partial charge in [-0.3, -0.25) is 0 Å². The predicted molar refractivity (Wildman–Crippen MR) is 64.3 cm³/mol. The van der Waals surface area contributed by atoms with Crippen LogP contribution in [0.15, 0.2) is 30.6 Å². The van der Waals surface area contributed by atoms with Crippen molar-refractivity contribution in [2.24, 2.45) is 0 Å². The minimum Gasteiger partial charge on any atom is -0.443 e. The molecule has 96 valence electrons. The Labute approximate surface area is 109 Å². The maximum absolute atomic E-state index is 11.9. The molecule has 7 nitrogen and oxygen atoms in total. The Morgan fingerprint density at radius 2 is 2.42 bits per heavy atom. The van der Waals surface area contributed by atoms with Gasteiger partial charge in [-0.2, -0.15) is 5.26 Å². The fourth-order valence-electron chi connectivity index (χ4n) is 1.45. The summed E-state index contributed by atoms with van der Waals surface area (Å²) < 4.78 is 6.48. The Morgan fingerprint density at radius 3 is 3.05 bits per heavy atom. The van der Waals surface area contributed by atoms with Gasteiger partial charge in [-0.1, -0.05) is 13.0 Å². The SMILES string of the molecule is CCC(C#N)OC(=O)c1cccc(-n2cnnn2)c1. The third-order valence-electron chi connectivity index (χ3n) is 2.46. The van der Waals surface area contributed by atoms with Crippen molar-refractivity contribution < 1.29 is 9.53 Å². The van der Waals surface area contributed by atoms with E-state index in [2.05, 4.69) is 15.5 Å². The fourth-order valence-corrected chi connectivity index (χ4v) is 1.45. The number of carbonyl (C=O) groups is 1. The fraction of sp³-hybridized carbons (Fsp3) is 0.250. The van der Waals surface area contributed by atoms with E-state index >= 15 is 0 Å². The molecule has 1 unspecified atom stereocenters. The van der Waals surface area contributed by atoms with Crippen LogP contribution in [0.1, 0.15) is 23.7 Å². The highest BCUT2D eigenvalue weighted by Gasteiger charge is 2.14. The summed E-state index contributed by atoms with van der Waals surface area (Å²) in [5.41, 5.74) is 0.992. The highest BCUT2D eigenvalue weighted by Crippen LogP contribution is 2.11. The summed E-state index contributed by atoms with van der Waals surface area (Å²) in [4.78, 5) is 11.9. The van der Waals surface area contributed by atoms with Crippen molar-refractivity contribution >= 4 is 5.97 Å². The van der Waals surface area contributed by atoms with Crippen molar-refractivity contribution in [2.45, 2.75) is 19.4 Å². The van der Waals surface area contributed by atoms with Crippen LogP contribution in [0.3, 0.4) is 0 Å². The Balaban J connectivity index is 2.20. The minimum absolute atomic E-state index is 0.349. The maximum Gasteiger partial charge on any atom is 0.339 e. The van der Waals surface area contributed by atoms with E-state index in [-0.39, 0.29) is 0 Å². The number of rotatable bonds is 4. The lowest BCUT2D eigenvalue weighted by Crippen LogP contribution is -2.15. The highest BCUT2D eigenvalue weighted by molar-refractivity contribution is 5.90. The van der Waals surface area contributed by atoms with Gasteiger partial charge in [-0.05, 0) is 35.0 Å². The molecule has 0 bridgehead atoms. The Morgan fingerprint density at radius 1 is 1.58 bits per heavy atom. The molecule has 1 aromatic heterocycles. The Bertz CT molecular complexity index is 603. The number of benzene rings is 1. The molecule has 2 aromatic rings. The molecule has 2 rings (SSSR count). The topological polar surface area (TPSA) is 93.7 Å². The Hall–Kier alpha value is -2.75. The molecule has 1 atom stereocenters. The van der Waals surface area contributed by atoms with Gasteiger partial charge in [0.2, 0.25) is 0 Å². The zero-order valence-electron chi connectivity index (χ0n) is 10.2. The normalized spacial score (nSPS) is 11.6. The third kappa shape index (κ3) is 2.93. The number of ether oxygens (including phenoxy) is 1. The van der Waals surface area contributed by atoms with Gasteiger partial charge >= 0.3 is 5.97 Å². The van der Waals surface area contributed by atoms with Crippen LogP contribution in [-0.2, 0) is 4.74 Å². The van der Waals surface area contributed by atoms with Crippen LogP contribution in [0.4, 0.5) is 0 Å². The van der Waals surface area contributed by atoms with Crippen LogP contribution < -0.4 is 0 Å². The number of nitrogens with zero attached hydrogens (tertiary/aromatic N) is 5. The minimum atomic E-state index is -0.732. The van der Waals surface area contributed by atoms with Gasteiger partial charge in [-0.25, -0.2) is 9.48 Å². The zero-order chi connectivity index (χ0) is 13.7. The molecule has 0 aliphatic rings. The first-order valence-corrected chi connectivity index (χ1v) is 5.68. The smallest absolute Gasteiger partial charge is 0.339 e. The van der Waals surface area contributed by atoms with E-state index in [1.807, 2.05) is 6.07 Å². The molecule has 1 aromatic carbocycles. The number of nitriles is 1. The Kier molecular flexibility index (Phi) is 3.83. The zero-order valence-corrected chi connectivity index (χ0v) is 10.2. The molecular weight excluding hydrogens is 246 g/mol. The molecule has 0 radical (unpaired) electrons. The summed E-state index contributed by atoms with van der Waals surface area (Å²) in [6.07, 6.45) is 1.15. The van der Waals surface area contributed by atoms with Gasteiger partial charge in [0.25, 0.3) is 0 Å². The van der Waals surface area contributed by atoms with Gasteiger partial charge in [0.15, 0.2) is 6.10 Å². The number of aromatic nitrogens is 4. The lowest BCUT2D eigenvalue weighted by Gasteiger charge is -2.09. The molecule has 0 aliphatic carbocycles. The number of carbonyl (C=O) groups excluding carboxylic acids is 1. The molecule has 0 aliphatic heterocycles. The summed E-state index contributed by atoms with van der Waals surface area (Å²) in [7, 11) is 0. The van der Waals surface area contributed by atoms with Crippen molar-refractivity contribution in [3.63, 3.8) is 0 Å². The van der Waals surface area contributed by atoms with Crippen molar-refractivity contribution in [3.8, 4) is 11.8 Å². The summed E-state index contributed by atoms with van der Waals surface area (Å²) >= 11 is 0. The molecular formula is C12H11N5O2. The maximum atomic E-state index is 11.9. The first kappa shape index (κ1) is 12.7. The molecule has 0 spiro atoms. The summed E-state index contributed by atoms with van der Waals surface area (Å²) in [6.45, 7) is 1.78. The van der Waals surface area contributed by atoms with Gasteiger partial charge in [-0.15, -0.1) is 5.10 Å². The van der Waals surface area contributed by atoms with Crippen LogP contribution in [0, 0.1) is 11.3 Å². The van der Waals surface area contributed by atoms with Crippen LogP contribution in [-0.4, -0.2) is 32.3 Å². The number of hydrogen-bond acceptors (Lipinski definition) is 6. The highest BCUT2D eigenvalue weighted by atomic mass is 16.5. The lowest BCUT2D eigenvalue weighted by molar-refractivity contribution is 0.0401. The van der Waals surface area contributed by atoms with E-state index in [1.54, 1.807) is 31.2 Å². The van der Waals surface area contributed by atoms with E-state index in [0.29, 0.717) is 17.7 Å². The van der Waals surface area contributed by atoms with E-state index in [0.717, 1.165) is 0 Å². The number of hydrogen-bond donors (Lipinski definition) is 0. The van der Waals surface area contributed by atoms with Crippen LogP contribution in [0.25, 0.3) is 5.69 Å². The average molecular weight is 257 g/mol. The molecule has 0 N–H and O–H groups in total. The molecule has 0 amide bonds. The van der Waals surface area contributed by atoms with Crippen LogP contribution in [0.5, 0.6) is 0 Å². The molecule has 0 fully saturated rings. The molecule has 1 heterocycles. The first-order valence-electron chi connectivity index (χ1n) is 5.68. The van der Waals surface area contributed by atoms with Gasteiger partial charge in [0.1, 0.15) is 12.4 Å². The average Bonchev–Trinajstić information content (AvgIpc) is 2.99. The predicted octanol–water partition coefficient (Wildman–Crippen LogP) is 1.12. The number of tetrazole rings is 1. The van der Waals surface area contributed by atoms with Gasteiger partial charge in [0.05, 0.1) is 11.3 Å². The number of esters is 1. The van der Waals surface area contributed by atoms with E-state index in [1.165, 1.54) is 11.0 Å². The van der Waals surface area contributed by atoms with Crippen LogP contribution >= 0.6 is 0 Å². The standard InChI is InChI=1S/C12H11N5O2/c1-2-11(7-13)19-12(18)9-4-3-5-10(6-9)17-8-14-15-16-17/h3-6,8,11H,2H2,1H3. The molecule has 0 saturated heterocycles. The van der Waals surface area contributed by atoms with Gasteiger partial charge in [0, 0.05) is 0 Å². The van der Waals surface area contributed by atoms with Crippen molar-refractivity contribution in [3.05, 3.63) is 36.2 Å². The molecule has 0 saturated carbocycles. The van der Waals surface area contributed by atoms with Crippen molar-refractivity contribution in [2.75, 3.05) is 0 Å². The monoisotopic (exact) mass is 257 g/mol. The van der Waals surface area contributed by atoms with Crippen LogP contribution in [0.2, 0.25) is 0 Å².